The molecule has 1 unspecified atom stereocenters. The molecule has 100 valence electrons. The van der Waals surface area contributed by atoms with Crippen molar-refractivity contribution in [3.63, 3.8) is 0 Å². The highest BCUT2D eigenvalue weighted by molar-refractivity contribution is 5.87. The van der Waals surface area contributed by atoms with Crippen LogP contribution in [0.1, 0.15) is 49.9 Å². The number of aromatic nitrogens is 3. The maximum atomic E-state index is 11.6. The highest BCUT2D eigenvalue weighted by Crippen LogP contribution is 2.26. The van der Waals surface area contributed by atoms with Crippen molar-refractivity contribution in [3.8, 4) is 0 Å². The fourth-order valence-corrected chi connectivity index (χ4v) is 1.73. The third kappa shape index (κ3) is 2.49. The molecule has 0 aliphatic rings. The number of carbonyl (C=O) groups is 2. The van der Waals surface area contributed by atoms with E-state index >= 15 is 0 Å². The van der Waals surface area contributed by atoms with E-state index in [9.17, 15) is 9.59 Å². The van der Waals surface area contributed by atoms with Crippen LogP contribution in [-0.4, -0.2) is 39.0 Å². The summed E-state index contributed by atoms with van der Waals surface area (Å²) in [5.41, 5.74) is -0.149. The number of nitrogens with zero attached hydrogens (tertiary/aromatic N) is 3. The van der Waals surface area contributed by atoms with Crippen LogP contribution in [0.25, 0.3) is 0 Å². The van der Waals surface area contributed by atoms with Crippen molar-refractivity contribution in [1.29, 1.82) is 0 Å². The zero-order valence-corrected chi connectivity index (χ0v) is 11.2. The monoisotopic (exact) mass is 254 g/mol. The largest absolute Gasteiger partial charge is 0.476 e. The lowest BCUT2D eigenvalue weighted by Crippen LogP contribution is -2.32. The minimum atomic E-state index is -1.14. The van der Waals surface area contributed by atoms with E-state index in [0.29, 0.717) is 5.69 Å². The van der Waals surface area contributed by atoms with E-state index in [2.05, 4.69) is 15.6 Å². The third-order valence-electron chi connectivity index (χ3n) is 2.60. The number of hydrogen-bond donors (Lipinski definition) is 2. The van der Waals surface area contributed by atoms with E-state index in [0.717, 1.165) is 0 Å². The van der Waals surface area contributed by atoms with Gasteiger partial charge in [0, 0.05) is 12.5 Å². The summed E-state index contributed by atoms with van der Waals surface area (Å²) in [6.45, 7) is 7.20. The summed E-state index contributed by atoms with van der Waals surface area (Å²) in [5, 5.41) is 19.1. The maximum absolute atomic E-state index is 11.6. The fourth-order valence-electron chi connectivity index (χ4n) is 1.73. The molecule has 0 aromatic carbocycles. The zero-order valence-electron chi connectivity index (χ0n) is 11.2. The molecule has 1 aromatic rings. The molecular formula is C11H18N4O3. The first kappa shape index (κ1) is 14.1. The van der Waals surface area contributed by atoms with Crippen LogP contribution < -0.4 is 5.32 Å². The molecule has 18 heavy (non-hydrogen) atoms. The summed E-state index contributed by atoms with van der Waals surface area (Å²) in [7, 11) is 1.52. The van der Waals surface area contributed by atoms with Crippen LogP contribution in [0, 0.1) is 0 Å². The Balaban J connectivity index is 3.38. The molecule has 0 radical (unpaired) electrons. The molecule has 0 aliphatic carbocycles. The molecule has 0 bridgehead atoms. The quantitative estimate of drug-likeness (QED) is 0.822. The van der Waals surface area contributed by atoms with Gasteiger partial charge >= 0.3 is 5.97 Å². The SMILES string of the molecule is CNC(=O)C(C)n1nnc(C(=O)O)c1C(C)(C)C. The topological polar surface area (TPSA) is 97.1 Å². The minimum absolute atomic E-state index is 0.113. The molecular weight excluding hydrogens is 236 g/mol. The second kappa shape index (κ2) is 4.75. The molecule has 1 rings (SSSR count). The van der Waals surface area contributed by atoms with Gasteiger partial charge in [0.1, 0.15) is 6.04 Å². The standard InChI is InChI=1S/C11H18N4O3/c1-6(9(16)12-5)15-8(11(2,3)4)7(10(17)18)13-14-15/h6H,1-5H3,(H,12,16)(H,17,18). The van der Waals surface area contributed by atoms with E-state index in [4.69, 9.17) is 5.11 Å². The van der Waals surface area contributed by atoms with Gasteiger partial charge in [0.2, 0.25) is 5.91 Å². The lowest BCUT2D eigenvalue weighted by atomic mass is 9.90. The Bertz CT molecular complexity index is 473. The molecule has 1 atom stereocenters. The van der Waals surface area contributed by atoms with E-state index in [-0.39, 0.29) is 11.6 Å². The number of carbonyl (C=O) groups excluding carboxylic acids is 1. The van der Waals surface area contributed by atoms with Crippen molar-refractivity contribution in [1.82, 2.24) is 20.3 Å². The summed E-state index contributed by atoms with van der Waals surface area (Å²) in [5.74, 6) is -1.39. The summed E-state index contributed by atoms with van der Waals surface area (Å²) >= 11 is 0. The molecule has 7 nitrogen and oxygen atoms in total. The smallest absolute Gasteiger partial charge is 0.358 e. The normalized spacial score (nSPS) is 13.2. The molecule has 0 saturated carbocycles. The van der Waals surface area contributed by atoms with Crippen LogP contribution in [0.15, 0.2) is 0 Å². The lowest BCUT2D eigenvalue weighted by Gasteiger charge is -2.22. The lowest BCUT2D eigenvalue weighted by molar-refractivity contribution is -0.123. The van der Waals surface area contributed by atoms with Gasteiger partial charge in [0.25, 0.3) is 0 Å². The highest BCUT2D eigenvalue weighted by atomic mass is 16.4. The van der Waals surface area contributed by atoms with E-state index < -0.39 is 17.4 Å². The Morgan fingerprint density at radius 3 is 2.33 bits per heavy atom. The van der Waals surface area contributed by atoms with Gasteiger partial charge in [-0.2, -0.15) is 0 Å². The Kier molecular flexibility index (Phi) is 3.73. The average molecular weight is 254 g/mol. The third-order valence-corrected chi connectivity index (χ3v) is 2.60. The van der Waals surface area contributed by atoms with Gasteiger partial charge in [-0.3, -0.25) is 4.79 Å². The van der Waals surface area contributed by atoms with Gasteiger partial charge < -0.3 is 10.4 Å². The van der Waals surface area contributed by atoms with E-state index in [1.807, 2.05) is 20.8 Å². The van der Waals surface area contributed by atoms with Crippen LogP contribution in [0.2, 0.25) is 0 Å². The van der Waals surface area contributed by atoms with Crippen molar-refractivity contribution in [2.24, 2.45) is 0 Å². The molecule has 1 amide bonds. The predicted molar refractivity (Wildman–Crippen MR) is 64.5 cm³/mol. The maximum Gasteiger partial charge on any atom is 0.358 e. The molecule has 0 fully saturated rings. The molecule has 0 saturated heterocycles. The van der Waals surface area contributed by atoms with Crippen LogP contribution in [0.3, 0.4) is 0 Å². The number of likely N-dealkylation sites (N-methyl/N-ethyl adjacent to an activating group) is 1. The van der Waals surface area contributed by atoms with Crippen molar-refractivity contribution in [3.05, 3.63) is 11.4 Å². The van der Waals surface area contributed by atoms with Crippen LogP contribution in [0.4, 0.5) is 0 Å². The van der Waals surface area contributed by atoms with Gasteiger partial charge in [-0.25, -0.2) is 9.48 Å². The van der Waals surface area contributed by atoms with Crippen molar-refractivity contribution in [2.75, 3.05) is 7.05 Å². The summed E-state index contributed by atoms with van der Waals surface area (Å²) in [4.78, 5) is 22.8. The highest BCUT2D eigenvalue weighted by Gasteiger charge is 2.32. The number of nitrogens with one attached hydrogen (secondary N) is 1. The van der Waals surface area contributed by atoms with Gasteiger partial charge in [-0.15, -0.1) is 5.10 Å². The molecule has 1 aromatic heterocycles. The van der Waals surface area contributed by atoms with Gasteiger partial charge in [0.15, 0.2) is 5.69 Å². The fraction of sp³-hybridized carbons (Fsp3) is 0.636. The van der Waals surface area contributed by atoms with Crippen LogP contribution >= 0.6 is 0 Å². The first-order valence-electron chi connectivity index (χ1n) is 5.60. The predicted octanol–water partition coefficient (Wildman–Crippen LogP) is 0.581. The Hall–Kier alpha value is -1.92. The second-order valence-electron chi connectivity index (χ2n) is 5.08. The van der Waals surface area contributed by atoms with Gasteiger partial charge in [0.05, 0.1) is 5.69 Å². The average Bonchev–Trinajstić information content (AvgIpc) is 2.71. The Morgan fingerprint density at radius 2 is 1.94 bits per heavy atom. The van der Waals surface area contributed by atoms with Gasteiger partial charge in [-0.05, 0) is 6.92 Å². The summed E-state index contributed by atoms with van der Waals surface area (Å²) in [6.07, 6.45) is 0. The summed E-state index contributed by atoms with van der Waals surface area (Å²) in [6, 6.07) is -0.607. The first-order chi connectivity index (χ1) is 8.20. The van der Waals surface area contributed by atoms with Gasteiger partial charge in [-0.1, -0.05) is 26.0 Å². The van der Waals surface area contributed by atoms with Crippen LogP contribution in [-0.2, 0) is 10.2 Å². The molecule has 0 aliphatic heterocycles. The molecule has 2 N–H and O–H groups in total. The van der Waals surface area contributed by atoms with Crippen molar-refractivity contribution in [2.45, 2.75) is 39.2 Å². The minimum Gasteiger partial charge on any atom is -0.476 e. The number of aromatic carboxylic acids is 1. The summed E-state index contributed by atoms with van der Waals surface area (Å²) < 4.78 is 1.36. The number of hydrogen-bond acceptors (Lipinski definition) is 4. The Morgan fingerprint density at radius 1 is 1.39 bits per heavy atom. The first-order valence-corrected chi connectivity index (χ1v) is 5.60. The molecule has 0 spiro atoms. The van der Waals surface area contributed by atoms with Crippen molar-refractivity contribution >= 4 is 11.9 Å². The zero-order chi connectivity index (χ0) is 14.1. The van der Waals surface area contributed by atoms with E-state index in [1.165, 1.54) is 11.7 Å². The van der Waals surface area contributed by atoms with Crippen molar-refractivity contribution < 1.29 is 14.7 Å². The van der Waals surface area contributed by atoms with Crippen LogP contribution in [0.5, 0.6) is 0 Å². The number of carboxylic acid groups (broad SMARTS) is 1. The second-order valence-corrected chi connectivity index (χ2v) is 5.08. The molecule has 7 heteroatoms. The number of rotatable bonds is 3. The molecule has 1 heterocycles. The Labute approximate surface area is 105 Å². The number of amides is 1. The van der Waals surface area contributed by atoms with E-state index in [1.54, 1.807) is 6.92 Å². The number of carboxylic acids is 1.